The molecule has 17 heavy (non-hydrogen) atoms. The summed E-state index contributed by atoms with van der Waals surface area (Å²) in [6.07, 6.45) is -0.730. The second-order valence-corrected chi connectivity index (χ2v) is 8.75. The molecule has 10 heteroatoms. The van der Waals surface area contributed by atoms with Gasteiger partial charge < -0.3 is 10.2 Å². The maximum absolute atomic E-state index is 11.6. The molecule has 0 amide bonds. The number of hydrogen-bond donors (Lipinski definition) is 2. The predicted octanol–water partition coefficient (Wildman–Crippen LogP) is 1.53. The first-order chi connectivity index (χ1) is 7.75. The molecule has 0 aliphatic heterocycles. The van der Waals surface area contributed by atoms with Gasteiger partial charge in [-0.3, -0.25) is 14.1 Å². The van der Waals surface area contributed by atoms with Gasteiger partial charge in [0.2, 0.25) is 0 Å². The molecule has 2 atom stereocenters. The normalized spacial score (nSPS) is 15.0. The van der Waals surface area contributed by atoms with E-state index in [1.165, 1.54) is 0 Å². The third-order valence-corrected chi connectivity index (χ3v) is 5.59. The monoisotopic (exact) mass is 287 g/mol. The van der Waals surface area contributed by atoms with Gasteiger partial charge in [-0.25, -0.2) is 4.57 Å². The molecule has 0 aromatic heterocycles. The third-order valence-electron chi connectivity index (χ3n) is 1.46. The zero-order valence-electron chi connectivity index (χ0n) is 9.07. The van der Waals surface area contributed by atoms with Crippen molar-refractivity contribution in [3.05, 3.63) is 0 Å². The number of aliphatic carboxylic acids is 2. The molecule has 0 heterocycles. The lowest BCUT2D eigenvalue weighted by atomic mass is 10.5. The Morgan fingerprint density at radius 3 is 2.12 bits per heavy atom. The maximum atomic E-state index is 11.6. The first kappa shape index (κ1) is 16.2. The van der Waals surface area contributed by atoms with E-state index in [2.05, 4.69) is 9.05 Å². The van der Waals surface area contributed by atoms with Crippen LogP contribution in [0.2, 0.25) is 0 Å². The number of carboxylic acid groups (broad SMARTS) is 2. The van der Waals surface area contributed by atoms with E-state index in [9.17, 15) is 18.7 Å². The largest absolute Gasteiger partial charge is 0.589 e. The highest BCUT2D eigenvalue weighted by molar-refractivity contribution is 8.23. The molecule has 0 aromatic carbocycles. The minimum atomic E-state index is -3.57. The van der Waals surface area contributed by atoms with Gasteiger partial charge in [-0.1, -0.05) is 0 Å². The van der Waals surface area contributed by atoms with Gasteiger partial charge in [-0.15, -0.1) is 4.52 Å². The first-order valence-corrected chi connectivity index (χ1v) is 8.47. The molecule has 0 saturated heterocycles. The maximum Gasteiger partial charge on any atom is 0.589 e. The van der Waals surface area contributed by atoms with Gasteiger partial charge >= 0.3 is 26.7 Å². The molecule has 0 saturated carbocycles. The quantitative estimate of drug-likeness (QED) is 0.611. The molecule has 0 aliphatic rings. The molecule has 2 N–H and O–H groups in total. The molecule has 0 fully saturated rings. The Hall–Kier alpha value is -0.810. The van der Waals surface area contributed by atoms with Crippen molar-refractivity contribution >= 4 is 26.7 Å². The van der Waals surface area contributed by atoms with Crippen molar-refractivity contribution < 1.29 is 38.0 Å². The van der Waals surface area contributed by atoms with Crippen LogP contribution in [0.4, 0.5) is 0 Å². The minimum Gasteiger partial charge on any atom is -0.481 e. The van der Waals surface area contributed by atoms with Crippen molar-refractivity contribution in [2.45, 2.75) is 12.8 Å². The van der Waals surface area contributed by atoms with E-state index in [0.29, 0.717) is 0 Å². The Kier molecular flexibility index (Phi) is 7.15. The van der Waals surface area contributed by atoms with E-state index in [4.69, 9.17) is 10.2 Å². The third kappa shape index (κ3) is 7.99. The van der Waals surface area contributed by atoms with Crippen molar-refractivity contribution in [3.63, 3.8) is 0 Å². The summed E-state index contributed by atoms with van der Waals surface area (Å²) in [4.78, 5) is 20.3. The molecule has 0 aliphatic carbocycles. The Morgan fingerprint density at radius 2 is 1.65 bits per heavy atom. The molecule has 0 spiro atoms. The summed E-state index contributed by atoms with van der Waals surface area (Å²) >= 11 is 0. The molecule has 0 aromatic rings. The molecular weight excluding hydrogens is 274 g/mol. The van der Waals surface area contributed by atoms with E-state index in [-0.39, 0.29) is 26.1 Å². The fraction of sp³-hybridized carbons (Fsp3) is 0.714. The van der Waals surface area contributed by atoms with Crippen molar-refractivity contribution in [3.8, 4) is 0 Å². The number of carboxylic acids is 2. The SMILES string of the molecule is CP(=O)(OCCC(=O)O)[P+](=O)OCCC(=O)O. The van der Waals surface area contributed by atoms with Crippen molar-refractivity contribution in [1.29, 1.82) is 0 Å². The summed E-state index contributed by atoms with van der Waals surface area (Å²) in [6.45, 7) is 0.367. The minimum absolute atomic E-state index is 0.341. The van der Waals surface area contributed by atoms with Gasteiger partial charge in [0.05, 0.1) is 26.1 Å². The van der Waals surface area contributed by atoms with Crippen LogP contribution in [0.5, 0.6) is 0 Å². The lowest BCUT2D eigenvalue weighted by Gasteiger charge is -2.01. The van der Waals surface area contributed by atoms with Crippen LogP contribution in [0.15, 0.2) is 0 Å². The summed E-state index contributed by atoms with van der Waals surface area (Å²) in [5.74, 6) is -2.27. The van der Waals surface area contributed by atoms with Crippen LogP contribution < -0.4 is 0 Å². The summed E-state index contributed by atoms with van der Waals surface area (Å²) < 4.78 is 32.2. The second-order valence-electron chi connectivity index (χ2n) is 2.99. The Balaban J connectivity index is 4.03. The lowest BCUT2D eigenvalue weighted by molar-refractivity contribution is -0.138. The number of rotatable bonds is 9. The smallest absolute Gasteiger partial charge is 0.481 e. The number of hydrogen-bond acceptors (Lipinski definition) is 6. The lowest BCUT2D eigenvalue weighted by Crippen LogP contribution is -2.02. The first-order valence-electron chi connectivity index (χ1n) is 4.52. The number of carbonyl (C=O) groups is 2. The zero-order valence-corrected chi connectivity index (χ0v) is 10.9. The summed E-state index contributed by atoms with van der Waals surface area (Å²) in [7, 11) is -6.23. The summed E-state index contributed by atoms with van der Waals surface area (Å²) in [5, 5.41) is 16.6. The van der Waals surface area contributed by atoms with E-state index < -0.39 is 26.7 Å². The molecule has 0 radical (unpaired) electrons. The van der Waals surface area contributed by atoms with E-state index in [1.807, 2.05) is 0 Å². The van der Waals surface area contributed by atoms with Crippen LogP contribution in [0.3, 0.4) is 0 Å². The molecule has 8 nitrogen and oxygen atoms in total. The molecule has 0 rings (SSSR count). The topological polar surface area (TPSA) is 127 Å². The zero-order chi connectivity index (χ0) is 13.5. The Bertz CT molecular complexity index is 352. The van der Waals surface area contributed by atoms with Crippen LogP contribution in [0.25, 0.3) is 0 Å². The van der Waals surface area contributed by atoms with Crippen LogP contribution in [-0.2, 0) is 27.8 Å². The second kappa shape index (κ2) is 7.50. The van der Waals surface area contributed by atoms with Gasteiger partial charge in [0.25, 0.3) is 0 Å². The summed E-state index contributed by atoms with van der Waals surface area (Å²) in [5.41, 5.74) is 0. The molecule has 2 unspecified atom stereocenters. The fourth-order valence-electron chi connectivity index (χ4n) is 0.665. The van der Waals surface area contributed by atoms with Crippen molar-refractivity contribution in [2.75, 3.05) is 19.9 Å². The van der Waals surface area contributed by atoms with Crippen molar-refractivity contribution in [1.82, 2.24) is 0 Å². The Morgan fingerprint density at radius 1 is 1.18 bits per heavy atom. The predicted molar refractivity (Wildman–Crippen MR) is 57.5 cm³/mol. The molecular formula is C7H13O8P2+. The van der Waals surface area contributed by atoms with Crippen LogP contribution in [0.1, 0.15) is 12.8 Å². The van der Waals surface area contributed by atoms with Crippen LogP contribution in [-0.4, -0.2) is 42.0 Å². The van der Waals surface area contributed by atoms with Gasteiger partial charge in [0.1, 0.15) is 6.61 Å². The standard InChI is InChI=1S/C7H12O8P2/c1-17(13,15-5-3-7(10)11)16(12)14-4-2-6(8)9/h2-5H2,1H3,(H-,8,9,10,11)/p+1. The highest BCUT2D eigenvalue weighted by Crippen LogP contribution is 2.67. The van der Waals surface area contributed by atoms with Gasteiger partial charge in [-0.05, 0) is 4.57 Å². The van der Waals surface area contributed by atoms with E-state index >= 15 is 0 Å². The average Bonchev–Trinajstić information content (AvgIpc) is 2.15. The highest BCUT2D eigenvalue weighted by atomic mass is 32.1. The van der Waals surface area contributed by atoms with E-state index in [1.54, 1.807) is 0 Å². The van der Waals surface area contributed by atoms with Crippen LogP contribution >= 0.6 is 14.8 Å². The Labute approximate surface area is 98.1 Å². The average molecular weight is 287 g/mol. The fourth-order valence-corrected chi connectivity index (χ4v) is 3.05. The van der Waals surface area contributed by atoms with Gasteiger partial charge in [0.15, 0.2) is 0 Å². The molecule has 0 bridgehead atoms. The van der Waals surface area contributed by atoms with Crippen molar-refractivity contribution in [2.24, 2.45) is 0 Å². The highest BCUT2D eigenvalue weighted by Gasteiger charge is 2.43. The van der Waals surface area contributed by atoms with Gasteiger partial charge in [-0.2, -0.15) is 0 Å². The van der Waals surface area contributed by atoms with E-state index in [0.717, 1.165) is 6.66 Å². The van der Waals surface area contributed by atoms with Gasteiger partial charge in [0, 0.05) is 0 Å². The van der Waals surface area contributed by atoms with Crippen LogP contribution in [0, 0.1) is 0 Å². The summed E-state index contributed by atoms with van der Waals surface area (Å²) in [6, 6.07) is 0. The molecule has 98 valence electrons.